The zero-order valence-electron chi connectivity index (χ0n) is 12.2. The minimum Gasteiger partial charge on any atom is -0.355 e. The fourth-order valence-electron chi connectivity index (χ4n) is 1.60. The average molecular weight is 333 g/mol. The first kappa shape index (κ1) is 17.9. The molecule has 1 amide bonds. The highest BCUT2D eigenvalue weighted by atomic mass is 35.5. The van der Waals surface area contributed by atoms with Gasteiger partial charge in [-0.15, -0.1) is 11.6 Å². The van der Waals surface area contributed by atoms with Crippen LogP contribution < -0.4 is 10.0 Å². The zero-order chi connectivity index (χ0) is 15.9. The van der Waals surface area contributed by atoms with Crippen LogP contribution in [-0.2, 0) is 21.2 Å². The minimum atomic E-state index is -3.54. The molecule has 118 valence electrons. The molecule has 0 aliphatic carbocycles. The Labute approximate surface area is 131 Å². The number of carbonyl (C=O) groups is 1. The van der Waals surface area contributed by atoms with Gasteiger partial charge in [-0.3, -0.25) is 4.79 Å². The molecule has 0 aromatic heterocycles. The molecule has 0 heterocycles. The summed E-state index contributed by atoms with van der Waals surface area (Å²) >= 11 is 5.63. The van der Waals surface area contributed by atoms with E-state index in [1.807, 2.05) is 0 Å². The number of aryl methyl sites for hydroxylation is 1. The van der Waals surface area contributed by atoms with E-state index in [1.165, 1.54) is 0 Å². The maximum absolute atomic E-state index is 12.0. The van der Waals surface area contributed by atoms with Crippen LogP contribution in [-0.4, -0.2) is 33.3 Å². The molecule has 0 fully saturated rings. The number of hydrogen-bond donors (Lipinski definition) is 2. The van der Waals surface area contributed by atoms with E-state index in [9.17, 15) is 13.2 Å². The lowest BCUT2D eigenvalue weighted by atomic mass is 10.2. The van der Waals surface area contributed by atoms with E-state index < -0.39 is 10.0 Å². The number of alkyl halides is 1. The van der Waals surface area contributed by atoms with Crippen LogP contribution >= 0.6 is 11.6 Å². The fourth-order valence-corrected chi connectivity index (χ4v) is 2.85. The Morgan fingerprint density at radius 3 is 2.33 bits per heavy atom. The van der Waals surface area contributed by atoms with Gasteiger partial charge >= 0.3 is 0 Å². The molecule has 2 N–H and O–H groups in total. The van der Waals surface area contributed by atoms with Crippen LogP contribution in [0.1, 0.15) is 19.4 Å². The molecule has 5 nitrogen and oxygen atoms in total. The molecule has 0 radical (unpaired) electrons. The van der Waals surface area contributed by atoms with E-state index in [-0.39, 0.29) is 29.8 Å². The van der Waals surface area contributed by atoms with E-state index >= 15 is 0 Å². The van der Waals surface area contributed by atoms with Crippen molar-refractivity contribution in [1.29, 1.82) is 0 Å². The molecular weight excluding hydrogens is 312 g/mol. The maximum Gasteiger partial charge on any atom is 0.240 e. The summed E-state index contributed by atoms with van der Waals surface area (Å²) in [6.07, 6.45) is 0.705. The highest BCUT2D eigenvalue weighted by molar-refractivity contribution is 7.89. The Morgan fingerprint density at radius 1 is 1.19 bits per heavy atom. The largest absolute Gasteiger partial charge is 0.355 e. The smallest absolute Gasteiger partial charge is 0.240 e. The summed E-state index contributed by atoms with van der Waals surface area (Å²) in [5, 5.41) is 2.65. The van der Waals surface area contributed by atoms with Gasteiger partial charge in [-0.25, -0.2) is 13.1 Å². The number of benzene rings is 1. The highest BCUT2D eigenvalue weighted by Gasteiger charge is 2.13. The molecular formula is C14H21ClN2O3S. The molecule has 1 aromatic carbocycles. The zero-order valence-corrected chi connectivity index (χ0v) is 13.8. The summed E-state index contributed by atoms with van der Waals surface area (Å²) in [4.78, 5) is 11.5. The van der Waals surface area contributed by atoms with Gasteiger partial charge in [0, 0.05) is 24.9 Å². The molecule has 0 aliphatic rings. The Balaban J connectivity index is 2.51. The Hall–Kier alpha value is -1.11. The van der Waals surface area contributed by atoms with Crippen molar-refractivity contribution < 1.29 is 13.2 Å². The first-order valence-corrected chi connectivity index (χ1v) is 8.81. The number of amides is 1. The molecule has 7 heteroatoms. The molecule has 0 saturated heterocycles. The van der Waals surface area contributed by atoms with Gasteiger partial charge in [-0.05, 0) is 24.1 Å². The summed E-state index contributed by atoms with van der Waals surface area (Å²) in [5.74, 6) is 0.288. The summed E-state index contributed by atoms with van der Waals surface area (Å²) in [6, 6.07) is 6.60. The first-order valence-electron chi connectivity index (χ1n) is 6.79. The van der Waals surface area contributed by atoms with Crippen LogP contribution in [0, 0.1) is 5.92 Å². The molecule has 0 unspecified atom stereocenters. The van der Waals surface area contributed by atoms with E-state index in [2.05, 4.69) is 10.0 Å². The third-order valence-electron chi connectivity index (χ3n) is 2.86. The number of rotatable bonds is 8. The van der Waals surface area contributed by atoms with Crippen molar-refractivity contribution in [2.45, 2.75) is 25.2 Å². The van der Waals surface area contributed by atoms with Crippen molar-refractivity contribution in [2.24, 2.45) is 5.92 Å². The van der Waals surface area contributed by atoms with Crippen molar-refractivity contribution in [2.75, 3.05) is 19.0 Å². The van der Waals surface area contributed by atoms with Crippen LogP contribution in [0.25, 0.3) is 0 Å². The van der Waals surface area contributed by atoms with Crippen molar-refractivity contribution in [1.82, 2.24) is 10.0 Å². The second-order valence-electron chi connectivity index (χ2n) is 4.93. The van der Waals surface area contributed by atoms with E-state index in [1.54, 1.807) is 38.1 Å². The standard InChI is InChI=1S/C14H21ClN2O3S/c1-11(2)14(18)16-9-10-17-21(19,20)13-5-3-12(4-6-13)7-8-15/h3-6,11,17H,7-10H2,1-2H3,(H,16,18). The summed E-state index contributed by atoms with van der Waals surface area (Å²) < 4.78 is 26.5. The minimum absolute atomic E-state index is 0.0976. The van der Waals surface area contributed by atoms with Gasteiger partial charge in [-0.1, -0.05) is 26.0 Å². The number of nitrogens with one attached hydrogen (secondary N) is 2. The summed E-state index contributed by atoms with van der Waals surface area (Å²) in [7, 11) is -3.54. The van der Waals surface area contributed by atoms with Gasteiger partial charge in [0.1, 0.15) is 0 Å². The van der Waals surface area contributed by atoms with Crippen LogP contribution in [0.4, 0.5) is 0 Å². The van der Waals surface area contributed by atoms with E-state index in [4.69, 9.17) is 11.6 Å². The molecule has 0 atom stereocenters. The monoisotopic (exact) mass is 332 g/mol. The van der Waals surface area contributed by atoms with Gasteiger partial charge in [0.15, 0.2) is 0 Å². The quantitative estimate of drug-likeness (QED) is 0.560. The van der Waals surface area contributed by atoms with Crippen LogP contribution in [0.15, 0.2) is 29.2 Å². The van der Waals surface area contributed by atoms with E-state index in [0.29, 0.717) is 12.3 Å². The molecule has 1 aromatic rings. The van der Waals surface area contributed by atoms with Crippen molar-refractivity contribution in [3.63, 3.8) is 0 Å². The molecule has 0 aliphatic heterocycles. The third kappa shape index (κ3) is 6.03. The lowest BCUT2D eigenvalue weighted by Crippen LogP contribution is -2.36. The SMILES string of the molecule is CC(C)C(=O)NCCNS(=O)(=O)c1ccc(CCCl)cc1. The normalized spacial score (nSPS) is 11.6. The first-order chi connectivity index (χ1) is 9.86. The van der Waals surface area contributed by atoms with Gasteiger partial charge in [-0.2, -0.15) is 0 Å². The fraction of sp³-hybridized carbons (Fsp3) is 0.500. The molecule has 0 spiro atoms. The second-order valence-corrected chi connectivity index (χ2v) is 7.07. The number of halogens is 1. The van der Waals surface area contributed by atoms with Crippen molar-refractivity contribution >= 4 is 27.5 Å². The van der Waals surface area contributed by atoms with Gasteiger partial charge < -0.3 is 5.32 Å². The number of sulfonamides is 1. The van der Waals surface area contributed by atoms with Crippen LogP contribution in [0.2, 0.25) is 0 Å². The van der Waals surface area contributed by atoms with E-state index in [0.717, 1.165) is 5.56 Å². The topological polar surface area (TPSA) is 75.3 Å². The molecule has 1 rings (SSSR count). The lowest BCUT2D eigenvalue weighted by Gasteiger charge is -2.09. The summed E-state index contributed by atoms with van der Waals surface area (Å²) in [6.45, 7) is 3.98. The van der Waals surface area contributed by atoms with Crippen LogP contribution in [0.3, 0.4) is 0 Å². The van der Waals surface area contributed by atoms with Gasteiger partial charge in [0.2, 0.25) is 15.9 Å². The Morgan fingerprint density at radius 2 is 1.81 bits per heavy atom. The van der Waals surface area contributed by atoms with Gasteiger partial charge in [0.25, 0.3) is 0 Å². The van der Waals surface area contributed by atoms with Gasteiger partial charge in [0.05, 0.1) is 4.90 Å². The second kappa shape index (κ2) is 8.36. The number of carbonyl (C=O) groups excluding carboxylic acids is 1. The number of hydrogen-bond acceptors (Lipinski definition) is 3. The van der Waals surface area contributed by atoms with Crippen molar-refractivity contribution in [3.05, 3.63) is 29.8 Å². The summed E-state index contributed by atoms with van der Waals surface area (Å²) in [5.41, 5.74) is 0.994. The maximum atomic E-state index is 12.0. The average Bonchev–Trinajstić information content (AvgIpc) is 2.44. The molecule has 0 bridgehead atoms. The predicted molar refractivity (Wildman–Crippen MR) is 83.9 cm³/mol. The molecule has 21 heavy (non-hydrogen) atoms. The van der Waals surface area contributed by atoms with Crippen LogP contribution in [0.5, 0.6) is 0 Å². The molecule has 0 saturated carbocycles. The third-order valence-corrected chi connectivity index (χ3v) is 4.52. The predicted octanol–water partition coefficient (Wildman–Crippen LogP) is 1.52. The Kier molecular flexibility index (Phi) is 7.14. The Bertz CT molecular complexity index is 556. The lowest BCUT2D eigenvalue weighted by molar-refractivity contribution is -0.123. The van der Waals surface area contributed by atoms with Crippen molar-refractivity contribution in [3.8, 4) is 0 Å². The highest BCUT2D eigenvalue weighted by Crippen LogP contribution is 2.11.